The molecule has 7 nitrogen and oxygen atoms in total. The molecule has 0 spiro atoms. The number of nitriles is 1. The topological polar surface area (TPSA) is 102 Å². The number of anilines is 1. The number of aromatic nitrogens is 2. The van der Waals surface area contributed by atoms with Crippen molar-refractivity contribution >= 4 is 22.4 Å². The van der Waals surface area contributed by atoms with Crippen LogP contribution in [0.3, 0.4) is 0 Å². The molecule has 0 bridgehead atoms. The highest BCUT2D eigenvalue weighted by molar-refractivity contribution is 5.89. The fraction of sp³-hybridized carbons (Fsp3) is 0.333. The zero-order valence-corrected chi connectivity index (χ0v) is 17.5. The van der Waals surface area contributed by atoms with Gasteiger partial charge >= 0.3 is 0 Å². The average molecular weight is 415 g/mol. The highest BCUT2D eigenvalue weighted by atomic mass is 16.1. The standard InChI is InChI=1S/C24H25N5O2/c1-16-5-4-6-18(13-16)26-17-9-11-29(12-10-17)15-22(30)20(14-25)23-27-21-8-3-2-7-19(21)24(31)28-23/h2-8,13,17,20,26H,9-12,15H2,1H3,(H,27,28,31). The third-order valence-corrected chi connectivity index (χ3v) is 5.71. The monoisotopic (exact) mass is 415 g/mol. The van der Waals surface area contributed by atoms with E-state index in [0.29, 0.717) is 16.9 Å². The molecule has 0 radical (unpaired) electrons. The molecule has 31 heavy (non-hydrogen) atoms. The number of ketones is 1. The predicted octanol–water partition coefficient (Wildman–Crippen LogP) is 2.98. The minimum atomic E-state index is -1.08. The number of hydrogen-bond acceptors (Lipinski definition) is 6. The van der Waals surface area contributed by atoms with Gasteiger partial charge in [-0.25, -0.2) is 4.98 Å². The van der Waals surface area contributed by atoms with Gasteiger partial charge in [-0.1, -0.05) is 24.3 Å². The lowest BCUT2D eigenvalue weighted by Gasteiger charge is -2.32. The van der Waals surface area contributed by atoms with Crippen LogP contribution in [0.2, 0.25) is 0 Å². The highest BCUT2D eigenvalue weighted by Gasteiger charge is 2.27. The summed E-state index contributed by atoms with van der Waals surface area (Å²) < 4.78 is 0. The number of carbonyl (C=O) groups is 1. The number of fused-ring (bicyclic) bond motifs is 1. The lowest BCUT2D eigenvalue weighted by Crippen LogP contribution is -2.42. The van der Waals surface area contributed by atoms with Crippen LogP contribution < -0.4 is 10.9 Å². The molecule has 1 aromatic heterocycles. The summed E-state index contributed by atoms with van der Waals surface area (Å²) in [6.45, 7) is 3.79. The molecule has 0 saturated carbocycles. The summed E-state index contributed by atoms with van der Waals surface area (Å²) in [7, 11) is 0. The molecule has 1 aliphatic rings. The number of para-hydroxylation sites is 1. The number of Topliss-reactive ketones (excluding diaryl/α,β-unsaturated/α-hetero) is 1. The maximum atomic E-state index is 12.9. The summed E-state index contributed by atoms with van der Waals surface area (Å²) in [5.41, 5.74) is 2.48. The summed E-state index contributed by atoms with van der Waals surface area (Å²) in [6, 6.07) is 17.6. The van der Waals surface area contributed by atoms with Crippen molar-refractivity contribution in [1.82, 2.24) is 14.9 Å². The van der Waals surface area contributed by atoms with Crippen LogP contribution in [0.25, 0.3) is 10.9 Å². The molecule has 158 valence electrons. The second-order valence-electron chi connectivity index (χ2n) is 8.06. The normalized spacial score (nSPS) is 16.0. The third kappa shape index (κ3) is 4.81. The Hall–Kier alpha value is -3.50. The Labute approximate surface area is 180 Å². The van der Waals surface area contributed by atoms with E-state index in [1.165, 1.54) is 5.56 Å². The molecule has 7 heteroatoms. The first-order valence-corrected chi connectivity index (χ1v) is 10.5. The first-order chi connectivity index (χ1) is 15.0. The Kier molecular flexibility index (Phi) is 6.10. The maximum absolute atomic E-state index is 12.9. The number of nitrogens with zero attached hydrogens (tertiary/aromatic N) is 3. The molecule has 2 heterocycles. The van der Waals surface area contributed by atoms with Gasteiger partial charge in [0, 0.05) is 24.8 Å². The zero-order chi connectivity index (χ0) is 21.8. The van der Waals surface area contributed by atoms with Crippen molar-refractivity contribution in [3.63, 3.8) is 0 Å². The van der Waals surface area contributed by atoms with Gasteiger partial charge in [0.1, 0.15) is 5.82 Å². The van der Waals surface area contributed by atoms with Gasteiger partial charge in [0.05, 0.1) is 23.5 Å². The van der Waals surface area contributed by atoms with Crippen molar-refractivity contribution in [2.45, 2.75) is 31.7 Å². The molecule has 1 fully saturated rings. The van der Waals surface area contributed by atoms with E-state index in [9.17, 15) is 14.9 Å². The number of H-pyrrole nitrogens is 1. The number of nitrogens with one attached hydrogen (secondary N) is 2. The Morgan fingerprint density at radius 3 is 2.77 bits per heavy atom. The molecule has 1 aliphatic heterocycles. The summed E-state index contributed by atoms with van der Waals surface area (Å²) in [5.74, 6) is -1.21. The number of hydrogen-bond donors (Lipinski definition) is 2. The van der Waals surface area contributed by atoms with Gasteiger partial charge in [0.15, 0.2) is 11.7 Å². The first-order valence-electron chi connectivity index (χ1n) is 10.5. The van der Waals surface area contributed by atoms with Crippen LogP contribution in [0.1, 0.15) is 30.1 Å². The van der Waals surface area contributed by atoms with Crippen molar-refractivity contribution in [3.8, 4) is 6.07 Å². The van der Waals surface area contributed by atoms with Crippen LogP contribution in [-0.4, -0.2) is 46.3 Å². The van der Waals surface area contributed by atoms with E-state index >= 15 is 0 Å². The molecule has 2 aromatic carbocycles. The van der Waals surface area contributed by atoms with Crippen LogP contribution in [0.4, 0.5) is 5.69 Å². The van der Waals surface area contributed by atoms with E-state index in [-0.39, 0.29) is 23.7 Å². The van der Waals surface area contributed by atoms with E-state index in [4.69, 9.17) is 0 Å². The molecule has 3 aromatic rings. The molecule has 0 aliphatic carbocycles. The van der Waals surface area contributed by atoms with E-state index < -0.39 is 5.92 Å². The Morgan fingerprint density at radius 1 is 1.26 bits per heavy atom. The Morgan fingerprint density at radius 2 is 2.03 bits per heavy atom. The number of likely N-dealkylation sites (tertiary alicyclic amines) is 1. The Balaban J connectivity index is 1.38. The minimum Gasteiger partial charge on any atom is -0.382 e. The van der Waals surface area contributed by atoms with Gasteiger partial charge in [-0.15, -0.1) is 0 Å². The zero-order valence-electron chi connectivity index (χ0n) is 17.5. The number of piperidine rings is 1. The van der Waals surface area contributed by atoms with Crippen LogP contribution >= 0.6 is 0 Å². The lowest BCUT2D eigenvalue weighted by molar-refractivity contribution is -0.120. The van der Waals surface area contributed by atoms with E-state index in [0.717, 1.165) is 31.6 Å². The van der Waals surface area contributed by atoms with Gasteiger partial charge in [-0.05, 0) is 49.6 Å². The minimum absolute atomic E-state index is 0.118. The van der Waals surface area contributed by atoms with E-state index in [1.807, 2.05) is 12.1 Å². The number of carbonyl (C=O) groups excluding carboxylic acids is 1. The van der Waals surface area contributed by atoms with Crippen LogP contribution in [-0.2, 0) is 4.79 Å². The van der Waals surface area contributed by atoms with Crippen molar-refractivity contribution in [1.29, 1.82) is 5.26 Å². The second kappa shape index (κ2) is 9.11. The fourth-order valence-corrected chi connectivity index (χ4v) is 4.04. The van der Waals surface area contributed by atoms with Crippen LogP contribution in [0.15, 0.2) is 53.3 Å². The SMILES string of the molecule is Cc1cccc(NC2CCN(CC(=O)C(C#N)c3nc4ccccc4c(=O)[nH]3)CC2)c1. The van der Waals surface area contributed by atoms with E-state index in [2.05, 4.69) is 45.3 Å². The summed E-state index contributed by atoms with van der Waals surface area (Å²) in [6.07, 6.45) is 1.84. The van der Waals surface area contributed by atoms with Crippen molar-refractivity contribution in [2.24, 2.45) is 0 Å². The van der Waals surface area contributed by atoms with Gasteiger partial charge < -0.3 is 10.3 Å². The quantitative estimate of drug-likeness (QED) is 0.642. The van der Waals surface area contributed by atoms with Crippen molar-refractivity contribution in [3.05, 3.63) is 70.3 Å². The molecule has 2 N–H and O–H groups in total. The van der Waals surface area contributed by atoms with Crippen LogP contribution in [0, 0.1) is 18.3 Å². The molecule has 1 atom stereocenters. The largest absolute Gasteiger partial charge is 0.382 e. The van der Waals surface area contributed by atoms with E-state index in [1.54, 1.807) is 24.3 Å². The van der Waals surface area contributed by atoms with Gasteiger partial charge in [-0.2, -0.15) is 5.26 Å². The summed E-state index contributed by atoms with van der Waals surface area (Å²) in [5, 5.41) is 13.6. The van der Waals surface area contributed by atoms with Crippen molar-refractivity contribution < 1.29 is 4.79 Å². The third-order valence-electron chi connectivity index (χ3n) is 5.71. The summed E-state index contributed by atoms with van der Waals surface area (Å²) in [4.78, 5) is 34.2. The summed E-state index contributed by atoms with van der Waals surface area (Å²) >= 11 is 0. The smallest absolute Gasteiger partial charge is 0.258 e. The molecule has 1 saturated heterocycles. The predicted molar refractivity (Wildman–Crippen MR) is 120 cm³/mol. The van der Waals surface area contributed by atoms with Gasteiger partial charge in [0.25, 0.3) is 5.56 Å². The molecule has 1 unspecified atom stereocenters. The Bertz CT molecular complexity index is 1190. The average Bonchev–Trinajstić information content (AvgIpc) is 2.76. The number of rotatable bonds is 6. The molecule has 0 amide bonds. The molecular formula is C24H25N5O2. The fourth-order valence-electron chi connectivity index (χ4n) is 4.04. The second-order valence-corrected chi connectivity index (χ2v) is 8.06. The lowest BCUT2D eigenvalue weighted by atomic mass is 10.0. The number of benzene rings is 2. The first kappa shape index (κ1) is 20.8. The van der Waals surface area contributed by atoms with Gasteiger partial charge in [0.2, 0.25) is 0 Å². The highest BCUT2D eigenvalue weighted by Crippen LogP contribution is 2.19. The number of aryl methyl sites for hydroxylation is 1. The maximum Gasteiger partial charge on any atom is 0.258 e. The molecule has 4 rings (SSSR count). The van der Waals surface area contributed by atoms with Crippen molar-refractivity contribution in [2.75, 3.05) is 25.0 Å². The molecular weight excluding hydrogens is 390 g/mol. The number of aromatic amines is 1. The van der Waals surface area contributed by atoms with Crippen LogP contribution in [0.5, 0.6) is 0 Å². The van der Waals surface area contributed by atoms with Gasteiger partial charge in [-0.3, -0.25) is 14.5 Å².